The maximum atomic E-state index is 4.20. The van der Waals surface area contributed by atoms with E-state index in [-0.39, 0.29) is 0 Å². The SMILES string of the molecule is Brc1cncc(N2C[C@H]3C[C@@H]2CN3)c1. The molecule has 3 nitrogen and oxygen atoms in total. The molecular formula is C10H12BrN3. The minimum absolute atomic E-state index is 0.677. The van der Waals surface area contributed by atoms with E-state index in [9.17, 15) is 0 Å². The molecule has 3 rings (SSSR count). The van der Waals surface area contributed by atoms with E-state index in [1.54, 1.807) is 0 Å². The van der Waals surface area contributed by atoms with Crippen molar-refractivity contribution >= 4 is 21.6 Å². The van der Waals surface area contributed by atoms with Crippen molar-refractivity contribution in [3.8, 4) is 0 Å². The molecule has 2 fully saturated rings. The van der Waals surface area contributed by atoms with Gasteiger partial charge in [-0.15, -0.1) is 0 Å². The zero-order valence-electron chi connectivity index (χ0n) is 7.78. The number of nitrogens with one attached hydrogen (secondary N) is 1. The highest BCUT2D eigenvalue weighted by Crippen LogP contribution is 2.29. The van der Waals surface area contributed by atoms with Gasteiger partial charge in [-0.3, -0.25) is 4.98 Å². The number of fused-ring (bicyclic) bond motifs is 2. The van der Waals surface area contributed by atoms with Crippen molar-refractivity contribution in [2.75, 3.05) is 18.0 Å². The minimum Gasteiger partial charge on any atom is -0.364 e. The number of pyridine rings is 1. The minimum atomic E-state index is 0.677. The number of piperazine rings is 1. The van der Waals surface area contributed by atoms with Gasteiger partial charge in [-0.05, 0) is 28.4 Å². The fourth-order valence-electron chi connectivity index (χ4n) is 2.43. The Kier molecular flexibility index (Phi) is 1.99. The van der Waals surface area contributed by atoms with Gasteiger partial charge in [0.15, 0.2) is 0 Å². The number of halogens is 1. The highest BCUT2D eigenvalue weighted by molar-refractivity contribution is 9.10. The molecular weight excluding hydrogens is 242 g/mol. The van der Waals surface area contributed by atoms with Crippen LogP contribution in [0.5, 0.6) is 0 Å². The first-order valence-corrected chi connectivity index (χ1v) is 5.73. The molecule has 0 spiro atoms. The van der Waals surface area contributed by atoms with Gasteiger partial charge in [-0.2, -0.15) is 0 Å². The highest BCUT2D eigenvalue weighted by atomic mass is 79.9. The molecule has 0 unspecified atom stereocenters. The second-order valence-corrected chi connectivity index (χ2v) is 4.92. The summed E-state index contributed by atoms with van der Waals surface area (Å²) in [5.41, 5.74) is 1.24. The van der Waals surface area contributed by atoms with Crippen LogP contribution in [-0.2, 0) is 0 Å². The molecule has 0 amide bonds. The Morgan fingerprint density at radius 3 is 3.07 bits per heavy atom. The van der Waals surface area contributed by atoms with Crippen LogP contribution in [0.1, 0.15) is 6.42 Å². The third-order valence-electron chi connectivity index (χ3n) is 3.08. The zero-order valence-corrected chi connectivity index (χ0v) is 9.37. The van der Waals surface area contributed by atoms with Gasteiger partial charge < -0.3 is 10.2 Å². The summed E-state index contributed by atoms with van der Waals surface area (Å²) in [6.45, 7) is 2.25. The van der Waals surface area contributed by atoms with Crippen LogP contribution in [0.4, 0.5) is 5.69 Å². The van der Waals surface area contributed by atoms with Crippen LogP contribution < -0.4 is 10.2 Å². The lowest BCUT2D eigenvalue weighted by Crippen LogP contribution is -2.43. The van der Waals surface area contributed by atoms with E-state index in [0.29, 0.717) is 12.1 Å². The van der Waals surface area contributed by atoms with E-state index < -0.39 is 0 Å². The third-order valence-corrected chi connectivity index (χ3v) is 3.51. The fourth-order valence-corrected chi connectivity index (χ4v) is 2.79. The first-order chi connectivity index (χ1) is 6.83. The number of aromatic nitrogens is 1. The molecule has 1 aromatic rings. The largest absolute Gasteiger partial charge is 0.364 e. The van der Waals surface area contributed by atoms with Crippen LogP contribution in [0.25, 0.3) is 0 Å². The molecule has 1 aromatic heterocycles. The van der Waals surface area contributed by atoms with E-state index in [0.717, 1.165) is 17.6 Å². The van der Waals surface area contributed by atoms with E-state index >= 15 is 0 Å². The quantitative estimate of drug-likeness (QED) is 0.821. The van der Waals surface area contributed by atoms with Crippen LogP contribution in [0.15, 0.2) is 22.9 Å². The molecule has 0 aromatic carbocycles. The molecule has 74 valence electrons. The molecule has 0 aliphatic carbocycles. The highest BCUT2D eigenvalue weighted by Gasteiger charge is 2.37. The van der Waals surface area contributed by atoms with Gasteiger partial charge in [0.05, 0.1) is 11.9 Å². The van der Waals surface area contributed by atoms with Gasteiger partial charge >= 0.3 is 0 Å². The summed E-state index contributed by atoms with van der Waals surface area (Å²) in [5, 5.41) is 3.50. The maximum absolute atomic E-state index is 4.20. The Morgan fingerprint density at radius 1 is 1.50 bits per heavy atom. The van der Waals surface area contributed by atoms with Crippen molar-refractivity contribution in [3.63, 3.8) is 0 Å². The molecule has 2 aliphatic rings. The van der Waals surface area contributed by atoms with E-state index in [2.05, 4.69) is 37.2 Å². The number of rotatable bonds is 1. The van der Waals surface area contributed by atoms with Crippen LogP contribution in [0.2, 0.25) is 0 Å². The maximum Gasteiger partial charge on any atom is 0.0567 e. The van der Waals surface area contributed by atoms with Crippen LogP contribution >= 0.6 is 15.9 Å². The van der Waals surface area contributed by atoms with E-state index in [1.165, 1.54) is 12.1 Å². The number of anilines is 1. The zero-order chi connectivity index (χ0) is 9.54. The van der Waals surface area contributed by atoms with Crippen molar-refractivity contribution in [2.45, 2.75) is 18.5 Å². The van der Waals surface area contributed by atoms with Crippen molar-refractivity contribution in [1.82, 2.24) is 10.3 Å². The Labute approximate surface area is 91.6 Å². The van der Waals surface area contributed by atoms with Crippen molar-refractivity contribution < 1.29 is 0 Å². The summed E-state index contributed by atoms with van der Waals surface area (Å²) in [6, 6.07) is 3.52. The summed E-state index contributed by atoms with van der Waals surface area (Å²) < 4.78 is 1.06. The number of hydrogen-bond donors (Lipinski definition) is 1. The molecule has 4 heteroatoms. The smallest absolute Gasteiger partial charge is 0.0567 e. The Hall–Kier alpha value is -0.610. The van der Waals surface area contributed by atoms with Gasteiger partial charge in [-0.25, -0.2) is 0 Å². The van der Waals surface area contributed by atoms with Crippen LogP contribution in [-0.4, -0.2) is 30.2 Å². The second-order valence-electron chi connectivity index (χ2n) is 4.01. The predicted octanol–water partition coefficient (Wildman–Crippen LogP) is 1.39. The van der Waals surface area contributed by atoms with Crippen molar-refractivity contribution in [1.29, 1.82) is 0 Å². The average Bonchev–Trinajstić information content (AvgIpc) is 2.78. The lowest BCUT2D eigenvalue weighted by atomic mass is 10.2. The summed E-state index contributed by atoms with van der Waals surface area (Å²) in [4.78, 5) is 6.66. The molecule has 2 saturated heterocycles. The molecule has 2 atom stereocenters. The summed E-state index contributed by atoms with van der Waals surface area (Å²) in [6.07, 6.45) is 5.06. The third kappa shape index (κ3) is 1.33. The fraction of sp³-hybridized carbons (Fsp3) is 0.500. The normalized spacial score (nSPS) is 29.9. The van der Waals surface area contributed by atoms with E-state index in [4.69, 9.17) is 0 Å². The molecule has 1 N–H and O–H groups in total. The molecule has 0 saturated carbocycles. The molecule has 0 radical (unpaired) electrons. The molecule has 3 heterocycles. The summed E-state index contributed by atoms with van der Waals surface area (Å²) >= 11 is 3.46. The van der Waals surface area contributed by atoms with Crippen LogP contribution in [0.3, 0.4) is 0 Å². The van der Waals surface area contributed by atoms with Crippen LogP contribution in [0, 0.1) is 0 Å². The molecule has 14 heavy (non-hydrogen) atoms. The second kappa shape index (κ2) is 3.21. The van der Waals surface area contributed by atoms with Crippen molar-refractivity contribution in [2.24, 2.45) is 0 Å². The van der Waals surface area contributed by atoms with Gasteiger partial charge in [-0.1, -0.05) is 0 Å². The van der Waals surface area contributed by atoms with Gasteiger partial charge in [0.2, 0.25) is 0 Å². The Bertz CT molecular complexity index is 355. The molecule has 2 aliphatic heterocycles. The lowest BCUT2D eigenvalue weighted by Gasteiger charge is -2.29. The molecule has 2 bridgehead atoms. The van der Waals surface area contributed by atoms with E-state index in [1.807, 2.05) is 12.4 Å². The lowest BCUT2D eigenvalue weighted by molar-refractivity contribution is 0.579. The van der Waals surface area contributed by atoms with Crippen molar-refractivity contribution in [3.05, 3.63) is 22.9 Å². The topological polar surface area (TPSA) is 28.2 Å². The standard InChI is InChI=1S/C10H12BrN3/c11-7-1-9(4-12-3-7)14-6-8-2-10(14)5-13-8/h1,3-4,8,10,13H,2,5-6H2/t8-,10-/m1/s1. The Balaban J connectivity index is 1.89. The van der Waals surface area contributed by atoms with Gasteiger partial charge in [0.1, 0.15) is 0 Å². The first-order valence-electron chi connectivity index (χ1n) is 4.93. The van der Waals surface area contributed by atoms with Gasteiger partial charge in [0, 0.05) is 35.8 Å². The number of nitrogens with zero attached hydrogens (tertiary/aromatic N) is 2. The van der Waals surface area contributed by atoms with Gasteiger partial charge in [0.25, 0.3) is 0 Å². The Morgan fingerprint density at radius 2 is 2.43 bits per heavy atom. The number of hydrogen-bond acceptors (Lipinski definition) is 3. The average molecular weight is 254 g/mol. The predicted molar refractivity (Wildman–Crippen MR) is 59.5 cm³/mol. The summed E-state index contributed by atoms with van der Waals surface area (Å²) in [5.74, 6) is 0. The summed E-state index contributed by atoms with van der Waals surface area (Å²) in [7, 11) is 0. The monoisotopic (exact) mass is 253 g/mol. The first kappa shape index (κ1) is 8.68.